The van der Waals surface area contributed by atoms with Gasteiger partial charge in [0.15, 0.2) is 0 Å². The molecule has 0 aliphatic carbocycles. The van der Waals surface area contributed by atoms with Crippen molar-refractivity contribution in [2.45, 2.75) is 25.8 Å². The molecule has 1 amide bonds. The summed E-state index contributed by atoms with van der Waals surface area (Å²) in [5.41, 5.74) is 1.24. The summed E-state index contributed by atoms with van der Waals surface area (Å²) in [6.45, 7) is 2.99. The summed E-state index contributed by atoms with van der Waals surface area (Å²) >= 11 is 4.30. The highest BCUT2D eigenvalue weighted by molar-refractivity contribution is 7.80. The molecule has 2 rings (SSSR count). The largest absolute Gasteiger partial charge is 0.335 e. The van der Waals surface area contributed by atoms with E-state index in [0.29, 0.717) is 12.3 Å². The van der Waals surface area contributed by atoms with Gasteiger partial charge in [0.05, 0.1) is 6.04 Å². The number of carbonyl (C=O) groups is 1. The number of likely N-dealkylation sites (tertiary alicyclic amines) is 1. The van der Waals surface area contributed by atoms with Gasteiger partial charge >= 0.3 is 0 Å². The summed E-state index contributed by atoms with van der Waals surface area (Å²) < 4.78 is 0. The van der Waals surface area contributed by atoms with E-state index < -0.39 is 0 Å². The highest BCUT2D eigenvalue weighted by atomic mass is 32.1. The standard InChI is InChI=1S/C14H19NOS/c1-2-13(12-6-4-3-5-7-12)15-9-11(10-17)8-14(15)16/h3-7,11,13,17H,2,8-10H2,1H3. The Labute approximate surface area is 108 Å². The lowest BCUT2D eigenvalue weighted by atomic mass is 10.0. The third-order valence-electron chi connectivity index (χ3n) is 3.44. The molecule has 0 bridgehead atoms. The third-order valence-corrected chi connectivity index (χ3v) is 3.96. The number of nitrogens with zero attached hydrogens (tertiary/aromatic N) is 1. The van der Waals surface area contributed by atoms with Crippen molar-refractivity contribution in [3.8, 4) is 0 Å². The molecule has 3 heteroatoms. The predicted octanol–water partition coefficient (Wildman–Crippen LogP) is 2.92. The number of amides is 1. The number of hydrogen-bond donors (Lipinski definition) is 1. The molecule has 2 unspecified atom stereocenters. The van der Waals surface area contributed by atoms with E-state index >= 15 is 0 Å². The fourth-order valence-corrected chi connectivity index (χ4v) is 2.79. The van der Waals surface area contributed by atoms with Gasteiger partial charge in [-0.1, -0.05) is 37.3 Å². The molecular formula is C14H19NOS. The Morgan fingerprint density at radius 2 is 2.12 bits per heavy atom. The molecule has 0 N–H and O–H groups in total. The Hall–Kier alpha value is -0.960. The van der Waals surface area contributed by atoms with Gasteiger partial charge in [0.25, 0.3) is 0 Å². The second-order valence-electron chi connectivity index (χ2n) is 4.63. The summed E-state index contributed by atoms with van der Waals surface area (Å²) in [5, 5.41) is 0. The highest BCUT2D eigenvalue weighted by Gasteiger charge is 2.33. The highest BCUT2D eigenvalue weighted by Crippen LogP contribution is 2.31. The summed E-state index contributed by atoms with van der Waals surface area (Å²) in [5.74, 6) is 1.50. The van der Waals surface area contributed by atoms with Gasteiger partial charge in [0, 0.05) is 13.0 Å². The first-order chi connectivity index (χ1) is 8.26. The average molecular weight is 249 g/mol. The van der Waals surface area contributed by atoms with Crippen molar-refractivity contribution >= 4 is 18.5 Å². The van der Waals surface area contributed by atoms with E-state index in [4.69, 9.17) is 0 Å². The number of rotatable bonds is 4. The SMILES string of the molecule is CCC(c1ccccc1)N1CC(CS)CC1=O. The van der Waals surface area contributed by atoms with E-state index in [2.05, 4.69) is 31.7 Å². The van der Waals surface area contributed by atoms with Gasteiger partial charge in [-0.25, -0.2) is 0 Å². The minimum absolute atomic E-state index is 0.230. The molecule has 1 aromatic rings. The van der Waals surface area contributed by atoms with E-state index in [1.165, 1.54) is 5.56 Å². The van der Waals surface area contributed by atoms with Gasteiger partial charge < -0.3 is 4.90 Å². The van der Waals surface area contributed by atoms with E-state index in [1.54, 1.807) is 0 Å². The van der Waals surface area contributed by atoms with E-state index in [-0.39, 0.29) is 11.9 Å². The van der Waals surface area contributed by atoms with Crippen molar-refractivity contribution in [2.75, 3.05) is 12.3 Å². The van der Waals surface area contributed by atoms with E-state index in [1.807, 2.05) is 23.1 Å². The summed E-state index contributed by atoms with van der Waals surface area (Å²) in [4.78, 5) is 14.0. The fourth-order valence-electron chi connectivity index (χ4n) is 2.54. The van der Waals surface area contributed by atoms with Crippen molar-refractivity contribution < 1.29 is 4.79 Å². The first-order valence-corrected chi connectivity index (χ1v) is 6.84. The quantitative estimate of drug-likeness (QED) is 0.814. The second kappa shape index (κ2) is 5.58. The predicted molar refractivity (Wildman–Crippen MR) is 73.1 cm³/mol. The van der Waals surface area contributed by atoms with E-state index in [0.717, 1.165) is 18.7 Å². The Morgan fingerprint density at radius 3 is 2.65 bits per heavy atom. The molecular weight excluding hydrogens is 230 g/mol. The zero-order valence-corrected chi connectivity index (χ0v) is 11.1. The monoisotopic (exact) mass is 249 g/mol. The molecule has 0 saturated carbocycles. The molecule has 17 heavy (non-hydrogen) atoms. The zero-order chi connectivity index (χ0) is 12.3. The summed E-state index contributed by atoms with van der Waals surface area (Å²) in [7, 11) is 0. The zero-order valence-electron chi connectivity index (χ0n) is 10.2. The minimum atomic E-state index is 0.230. The molecule has 1 heterocycles. The third kappa shape index (κ3) is 2.65. The van der Waals surface area contributed by atoms with Crippen LogP contribution in [0.15, 0.2) is 30.3 Å². The Morgan fingerprint density at radius 1 is 1.41 bits per heavy atom. The maximum atomic E-state index is 12.0. The normalized spacial score (nSPS) is 21.9. The van der Waals surface area contributed by atoms with Gasteiger partial charge in [-0.2, -0.15) is 12.6 Å². The molecule has 0 spiro atoms. The van der Waals surface area contributed by atoms with Gasteiger partial charge in [-0.3, -0.25) is 4.79 Å². The maximum Gasteiger partial charge on any atom is 0.223 e. The first kappa shape index (κ1) is 12.5. The Bertz CT molecular complexity index is 379. The van der Waals surface area contributed by atoms with Crippen LogP contribution < -0.4 is 0 Å². The van der Waals surface area contributed by atoms with Crippen LogP contribution in [0.5, 0.6) is 0 Å². The molecule has 0 aromatic heterocycles. The molecule has 1 saturated heterocycles. The lowest BCUT2D eigenvalue weighted by molar-refractivity contribution is -0.129. The smallest absolute Gasteiger partial charge is 0.223 e. The second-order valence-corrected chi connectivity index (χ2v) is 5.00. The van der Waals surface area contributed by atoms with Crippen molar-refractivity contribution in [1.29, 1.82) is 0 Å². The number of thiol groups is 1. The topological polar surface area (TPSA) is 20.3 Å². The lowest BCUT2D eigenvalue weighted by Crippen LogP contribution is -2.30. The molecule has 0 radical (unpaired) electrons. The van der Waals surface area contributed by atoms with Crippen LogP contribution in [0.1, 0.15) is 31.4 Å². The molecule has 1 aromatic carbocycles. The van der Waals surface area contributed by atoms with E-state index in [9.17, 15) is 4.79 Å². The maximum absolute atomic E-state index is 12.0. The first-order valence-electron chi connectivity index (χ1n) is 6.21. The lowest BCUT2D eigenvalue weighted by Gasteiger charge is -2.27. The summed E-state index contributed by atoms with van der Waals surface area (Å²) in [6, 6.07) is 10.5. The van der Waals surface area contributed by atoms with Crippen molar-refractivity contribution in [3.05, 3.63) is 35.9 Å². The van der Waals surface area contributed by atoms with Gasteiger partial charge in [0.1, 0.15) is 0 Å². The average Bonchev–Trinajstić information content (AvgIpc) is 2.73. The van der Waals surface area contributed by atoms with Gasteiger partial charge in [-0.05, 0) is 23.7 Å². The van der Waals surface area contributed by atoms with Crippen LogP contribution in [0.3, 0.4) is 0 Å². The van der Waals surface area contributed by atoms with Crippen LogP contribution in [0.2, 0.25) is 0 Å². The van der Waals surface area contributed by atoms with Gasteiger partial charge in [-0.15, -0.1) is 0 Å². The van der Waals surface area contributed by atoms with Crippen LogP contribution in [0, 0.1) is 5.92 Å². The molecule has 2 atom stereocenters. The van der Waals surface area contributed by atoms with Crippen LogP contribution in [-0.4, -0.2) is 23.1 Å². The summed E-state index contributed by atoms with van der Waals surface area (Å²) in [6.07, 6.45) is 1.63. The van der Waals surface area contributed by atoms with Crippen molar-refractivity contribution in [2.24, 2.45) is 5.92 Å². The van der Waals surface area contributed by atoms with Crippen LogP contribution >= 0.6 is 12.6 Å². The van der Waals surface area contributed by atoms with Crippen LogP contribution in [0.25, 0.3) is 0 Å². The molecule has 1 fully saturated rings. The Balaban J connectivity index is 2.17. The number of carbonyl (C=O) groups excluding carboxylic acids is 1. The molecule has 92 valence electrons. The van der Waals surface area contributed by atoms with Gasteiger partial charge in [0.2, 0.25) is 5.91 Å². The van der Waals surface area contributed by atoms with Crippen molar-refractivity contribution in [1.82, 2.24) is 4.90 Å². The minimum Gasteiger partial charge on any atom is -0.335 e. The van der Waals surface area contributed by atoms with Crippen molar-refractivity contribution in [3.63, 3.8) is 0 Å². The van der Waals surface area contributed by atoms with Crippen LogP contribution in [0.4, 0.5) is 0 Å². The Kier molecular flexibility index (Phi) is 4.11. The molecule has 1 aliphatic rings. The van der Waals surface area contributed by atoms with Crippen LogP contribution in [-0.2, 0) is 4.79 Å². The number of hydrogen-bond acceptors (Lipinski definition) is 2. The fraction of sp³-hybridized carbons (Fsp3) is 0.500. The molecule has 2 nitrogen and oxygen atoms in total. The molecule has 1 aliphatic heterocycles. The number of benzene rings is 1.